The third-order valence-corrected chi connectivity index (χ3v) is 3.19. The molecule has 3 aromatic rings. The number of rotatable bonds is 4. The molecule has 5 nitrogen and oxygen atoms in total. The molecule has 118 valence electrons. The Labute approximate surface area is 133 Å². The van der Waals surface area contributed by atoms with Crippen LogP contribution in [0.4, 0.5) is 13.2 Å². The smallest absolute Gasteiger partial charge is 0.281 e. The van der Waals surface area contributed by atoms with E-state index in [1.165, 1.54) is 35.4 Å². The lowest BCUT2D eigenvalue weighted by atomic mass is 10.2. The van der Waals surface area contributed by atoms with E-state index in [9.17, 15) is 13.2 Å². The first kappa shape index (κ1) is 15.4. The second kappa shape index (κ2) is 6.33. The van der Waals surface area contributed by atoms with Crippen molar-refractivity contribution in [1.29, 1.82) is 0 Å². The predicted octanol–water partition coefficient (Wildman–Crippen LogP) is 3.51. The highest BCUT2D eigenvalue weighted by Gasteiger charge is 2.17. The largest absolute Gasteiger partial charge is 0.323 e. The molecule has 0 radical (unpaired) electrons. The molecule has 0 aliphatic rings. The number of nitrogens with zero attached hydrogens (tertiary/aromatic N) is 5. The van der Waals surface area contributed by atoms with Gasteiger partial charge in [0.1, 0.15) is 17.3 Å². The summed E-state index contributed by atoms with van der Waals surface area (Å²) in [5, 5.41) is 0.371. The molecule has 9 heteroatoms. The van der Waals surface area contributed by atoms with Crippen molar-refractivity contribution in [2.45, 2.75) is 13.0 Å². The minimum atomic E-state index is -2.73. The molecule has 3 aromatic heterocycles. The highest BCUT2D eigenvalue weighted by Crippen LogP contribution is 2.24. The molecule has 0 aliphatic carbocycles. The van der Waals surface area contributed by atoms with E-state index >= 15 is 0 Å². The number of hydrogen-bond acceptors (Lipinski definition) is 4. The van der Waals surface area contributed by atoms with Crippen LogP contribution in [0.3, 0.4) is 0 Å². The molecule has 0 saturated heterocycles. The summed E-state index contributed by atoms with van der Waals surface area (Å²) >= 11 is 5.72. The first-order valence-corrected chi connectivity index (χ1v) is 6.84. The van der Waals surface area contributed by atoms with Crippen molar-refractivity contribution in [2.75, 3.05) is 0 Å². The highest BCUT2D eigenvalue weighted by molar-refractivity contribution is 6.30. The van der Waals surface area contributed by atoms with E-state index in [-0.39, 0.29) is 12.4 Å². The van der Waals surface area contributed by atoms with Crippen molar-refractivity contribution >= 4 is 11.6 Å². The Kier molecular flexibility index (Phi) is 4.24. The fourth-order valence-electron chi connectivity index (χ4n) is 1.97. The third-order valence-electron chi connectivity index (χ3n) is 2.99. The van der Waals surface area contributed by atoms with Gasteiger partial charge < -0.3 is 4.57 Å². The second-order valence-corrected chi connectivity index (χ2v) is 5.04. The molecular weight excluding hydrogens is 331 g/mol. The van der Waals surface area contributed by atoms with Gasteiger partial charge in [-0.3, -0.25) is 0 Å². The van der Waals surface area contributed by atoms with Crippen LogP contribution >= 0.6 is 11.6 Å². The lowest BCUT2D eigenvalue weighted by molar-refractivity contribution is 0.146. The van der Waals surface area contributed by atoms with Gasteiger partial charge in [-0.2, -0.15) is 4.39 Å². The van der Waals surface area contributed by atoms with Crippen LogP contribution in [-0.2, 0) is 6.54 Å². The number of imidazole rings is 1. The van der Waals surface area contributed by atoms with Gasteiger partial charge in [0.2, 0.25) is 5.95 Å². The normalized spacial score (nSPS) is 11.2. The van der Waals surface area contributed by atoms with Crippen LogP contribution in [0.25, 0.3) is 11.4 Å². The zero-order valence-electron chi connectivity index (χ0n) is 11.5. The van der Waals surface area contributed by atoms with Crippen molar-refractivity contribution in [3.8, 4) is 11.4 Å². The van der Waals surface area contributed by atoms with Crippen molar-refractivity contribution in [3.63, 3.8) is 0 Å². The Morgan fingerprint density at radius 2 is 1.83 bits per heavy atom. The van der Waals surface area contributed by atoms with Gasteiger partial charge in [-0.1, -0.05) is 11.6 Å². The van der Waals surface area contributed by atoms with Crippen molar-refractivity contribution in [1.82, 2.24) is 24.5 Å². The number of pyridine rings is 1. The Morgan fingerprint density at radius 3 is 2.43 bits per heavy atom. The maximum absolute atomic E-state index is 12.9. The summed E-state index contributed by atoms with van der Waals surface area (Å²) in [6.45, 7) is 0.115. The lowest BCUT2D eigenvalue weighted by Crippen LogP contribution is -2.05. The summed E-state index contributed by atoms with van der Waals surface area (Å²) in [6, 6.07) is 2.55. The quantitative estimate of drug-likeness (QED) is 0.682. The first-order chi connectivity index (χ1) is 11.0. The maximum Gasteiger partial charge on any atom is 0.281 e. The lowest BCUT2D eigenvalue weighted by Gasteiger charge is -2.06. The zero-order valence-corrected chi connectivity index (χ0v) is 12.3. The molecule has 0 fully saturated rings. The van der Waals surface area contributed by atoms with E-state index < -0.39 is 18.1 Å². The van der Waals surface area contributed by atoms with E-state index in [0.29, 0.717) is 16.4 Å². The molecule has 0 amide bonds. The fraction of sp³-hybridized carbons (Fsp3) is 0.143. The van der Waals surface area contributed by atoms with E-state index in [1.54, 1.807) is 0 Å². The van der Waals surface area contributed by atoms with Crippen LogP contribution in [0, 0.1) is 5.95 Å². The monoisotopic (exact) mass is 339 g/mol. The van der Waals surface area contributed by atoms with Crippen LogP contribution in [0.15, 0.2) is 36.9 Å². The summed E-state index contributed by atoms with van der Waals surface area (Å²) in [5.74, 6) is -0.0581. The van der Waals surface area contributed by atoms with E-state index in [2.05, 4.69) is 19.9 Å². The third kappa shape index (κ3) is 3.48. The Bertz CT molecular complexity index is 802. The van der Waals surface area contributed by atoms with E-state index in [4.69, 9.17) is 11.6 Å². The second-order valence-electron chi connectivity index (χ2n) is 4.61. The summed E-state index contributed by atoms with van der Waals surface area (Å²) in [5.41, 5.74) is 0.0190. The molecule has 0 aromatic carbocycles. The molecule has 0 saturated carbocycles. The average molecular weight is 340 g/mol. The van der Waals surface area contributed by atoms with Gasteiger partial charge in [0.25, 0.3) is 6.43 Å². The number of alkyl halides is 2. The fourth-order valence-corrected chi connectivity index (χ4v) is 2.07. The van der Waals surface area contributed by atoms with Crippen molar-refractivity contribution < 1.29 is 13.2 Å². The van der Waals surface area contributed by atoms with Gasteiger partial charge in [-0.05, 0) is 12.1 Å². The summed E-state index contributed by atoms with van der Waals surface area (Å²) in [7, 11) is 0. The molecule has 23 heavy (non-hydrogen) atoms. The van der Waals surface area contributed by atoms with Crippen LogP contribution in [-0.4, -0.2) is 24.5 Å². The molecule has 0 unspecified atom stereocenters. The van der Waals surface area contributed by atoms with Gasteiger partial charge in [0, 0.05) is 30.4 Å². The molecule has 3 heterocycles. The van der Waals surface area contributed by atoms with Crippen molar-refractivity contribution in [2.24, 2.45) is 0 Å². The van der Waals surface area contributed by atoms with Gasteiger partial charge in [0.05, 0.1) is 11.6 Å². The van der Waals surface area contributed by atoms with Crippen LogP contribution in [0.5, 0.6) is 0 Å². The molecule has 0 N–H and O–H groups in total. The van der Waals surface area contributed by atoms with Crippen molar-refractivity contribution in [3.05, 3.63) is 59.4 Å². The van der Waals surface area contributed by atoms with Gasteiger partial charge in [-0.25, -0.2) is 28.7 Å². The van der Waals surface area contributed by atoms with Gasteiger partial charge in [-0.15, -0.1) is 0 Å². The molecular formula is C14H9ClF3N5. The zero-order chi connectivity index (χ0) is 16.4. The minimum absolute atomic E-state index is 0.115. The molecule has 0 bridgehead atoms. The van der Waals surface area contributed by atoms with Gasteiger partial charge in [0.15, 0.2) is 0 Å². The summed E-state index contributed by atoms with van der Waals surface area (Å²) in [4.78, 5) is 15.4. The number of hydrogen-bond donors (Lipinski definition) is 0. The summed E-state index contributed by atoms with van der Waals surface area (Å²) < 4.78 is 40.3. The number of aromatic nitrogens is 5. The number of halogens is 4. The topological polar surface area (TPSA) is 56.5 Å². The molecule has 3 rings (SSSR count). The highest BCUT2D eigenvalue weighted by atomic mass is 35.5. The minimum Gasteiger partial charge on any atom is -0.323 e. The Morgan fingerprint density at radius 1 is 1.09 bits per heavy atom. The Hall–Kier alpha value is -2.48. The first-order valence-electron chi connectivity index (χ1n) is 6.46. The molecule has 0 spiro atoms. The average Bonchev–Trinajstić information content (AvgIpc) is 2.94. The van der Waals surface area contributed by atoms with E-state index in [0.717, 1.165) is 6.07 Å². The standard InChI is InChI=1S/C14H9ClF3N5/c15-9-4-20-12(21-5-9)7-23-6-10(13(17)18)22-14(23)8-1-2-11(16)19-3-8/h1-6,13H,7H2. The van der Waals surface area contributed by atoms with Gasteiger partial charge >= 0.3 is 0 Å². The Balaban J connectivity index is 2.00. The molecule has 0 aliphatic heterocycles. The van der Waals surface area contributed by atoms with E-state index in [1.807, 2.05) is 0 Å². The molecule has 0 atom stereocenters. The maximum atomic E-state index is 12.9. The van der Waals surface area contributed by atoms with Crippen LogP contribution < -0.4 is 0 Å². The summed E-state index contributed by atoms with van der Waals surface area (Å²) in [6.07, 6.45) is 2.53. The van der Waals surface area contributed by atoms with Crippen LogP contribution in [0.1, 0.15) is 17.9 Å². The van der Waals surface area contributed by atoms with Crippen LogP contribution in [0.2, 0.25) is 5.02 Å². The SMILES string of the molecule is Fc1ccc(-c2nc(C(F)F)cn2Cc2ncc(Cl)cn2)cn1. The predicted molar refractivity (Wildman–Crippen MR) is 76.5 cm³/mol.